The molecule has 4 fully saturated rings. The van der Waals surface area contributed by atoms with Crippen molar-refractivity contribution in [1.82, 2.24) is 0 Å². The average Bonchev–Trinajstić information content (AvgIpc) is 2.95. The van der Waals surface area contributed by atoms with Gasteiger partial charge in [-0.1, -0.05) is 13.8 Å². The summed E-state index contributed by atoms with van der Waals surface area (Å²) in [6.45, 7) is 4.37. The van der Waals surface area contributed by atoms with Crippen LogP contribution in [0.1, 0.15) is 65.2 Å². The van der Waals surface area contributed by atoms with Gasteiger partial charge in [0.25, 0.3) is 0 Å². The second kappa shape index (κ2) is 5.65. The fourth-order valence-corrected chi connectivity index (χ4v) is 7.28. The number of rotatable bonds is 1. The van der Waals surface area contributed by atoms with Crippen molar-refractivity contribution in [2.24, 2.45) is 40.4 Å². The molecule has 0 aromatic carbocycles. The maximum absolute atomic E-state index is 13.3. The summed E-state index contributed by atoms with van der Waals surface area (Å²) in [7, 11) is 1.43. The molecule has 4 heteroatoms. The third kappa shape index (κ3) is 2.21. The molecular weight excluding hydrogens is 316 g/mol. The molecule has 0 bridgehead atoms. The SMILES string of the molecule is COC(=O)[C@@H]1CC[C@@H]2[C@H]3CC[C@@H]4CC(=O)CC[C@]4(C)[C@@H]3CC(=O)[C@@]21C. The molecule has 0 aromatic heterocycles. The minimum absolute atomic E-state index is 0.122. The molecule has 0 unspecified atom stereocenters. The largest absolute Gasteiger partial charge is 0.469 e. The van der Waals surface area contributed by atoms with Crippen LogP contribution in [0.2, 0.25) is 0 Å². The molecule has 0 radical (unpaired) electrons. The first-order valence-electron chi connectivity index (χ1n) is 9.95. The lowest BCUT2D eigenvalue weighted by Crippen LogP contribution is -2.57. The van der Waals surface area contributed by atoms with Gasteiger partial charge >= 0.3 is 5.97 Å². The fraction of sp³-hybridized carbons (Fsp3) is 0.857. The zero-order valence-corrected chi connectivity index (χ0v) is 15.7. The highest BCUT2D eigenvalue weighted by molar-refractivity contribution is 5.92. The van der Waals surface area contributed by atoms with Crippen molar-refractivity contribution < 1.29 is 19.1 Å². The van der Waals surface area contributed by atoms with Crippen molar-refractivity contribution in [1.29, 1.82) is 0 Å². The minimum Gasteiger partial charge on any atom is -0.469 e. The number of hydrogen-bond donors (Lipinski definition) is 0. The molecule has 4 rings (SSSR count). The summed E-state index contributed by atoms with van der Waals surface area (Å²) >= 11 is 0. The lowest BCUT2D eigenvalue weighted by atomic mass is 9.44. The van der Waals surface area contributed by atoms with E-state index in [2.05, 4.69) is 6.92 Å². The van der Waals surface area contributed by atoms with Crippen LogP contribution in [0.3, 0.4) is 0 Å². The number of methoxy groups -OCH3 is 1. The summed E-state index contributed by atoms with van der Waals surface area (Å²) < 4.78 is 5.02. The molecule has 4 saturated carbocycles. The molecular formula is C21H30O4. The third-order valence-electron chi connectivity index (χ3n) is 8.83. The highest BCUT2D eigenvalue weighted by Crippen LogP contribution is 2.66. The number of hydrogen-bond acceptors (Lipinski definition) is 4. The van der Waals surface area contributed by atoms with E-state index in [4.69, 9.17) is 4.74 Å². The van der Waals surface area contributed by atoms with E-state index in [0.717, 1.165) is 32.1 Å². The van der Waals surface area contributed by atoms with Gasteiger partial charge in [0.2, 0.25) is 0 Å². The summed E-state index contributed by atoms with van der Waals surface area (Å²) in [5, 5.41) is 0. The van der Waals surface area contributed by atoms with Crippen molar-refractivity contribution in [3.63, 3.8) is 0 Å². The van der Waals surface area contributed by atoms with Crippen molar-refractivity contribution in [2.45, 2.75) is 65.2 Å². The van der Waals surface area contributed by atoms with Gasteiger partial charge in [-0.15, -0.1) is 0 Å². The van der Waals surface area contributed by atoms with E-state index in [1.807, 2.05) is 6.92 Å². The van der Waals surface area contributed by atoms with E-state index < -0.39 is 5.41 Å². The van der Waals surface area contributed by atoms with Gasteiger partial charge in [0.05, 0.1) is 13.0 Å². The number of esters is 1. The molecule has 0 spiro atoms. The second-order valence-electron chi connectivity index (χ2n) is 9.46. The monoisotopic (exact) mass is 346 g/mol. The molecule has 7 atom stereocenters. The molecule has 25 heavy (non-hydrogen) atoms. The van der Waals surface area contributed by atoms with E-state index in [1.54, 1.807) is 0 Å². The summed E-state index contributed by atoms with van der Waals surface area (Å²) in [6, 6.07) is 0. The molecule has 4 aliphatic carbocycles. The molecule has 138 valence electrons. The predicted molar refractivity (Wildman–Crippen MR) is 92.6 cm³/mol. The molecule has 0 aliphatic heterocycles. The molecule has 0 amide bonds. The Kier molecular flexibility index (Phi) is 3.90. The van der Waals surface area contributed by atoms with Gasteiger partial charge in [-0.3, -0.25) is 14.4 Å². The molecule has 4 aliphatic rings. The maximum atomic E-state index is 13.3. The van der Waals surface area contributed by atoms with Crippen LogP contribution in [0.4, 0.5) is 0 Å². The molecule has 0 heterocycles. The standard InChI is InChI=1S/C21H30O4/c1-20-9-8-13(22)10-12(20)4-5-14-15-6-7-16(19(24)25-3)21(15,2)18(23)11-17(14)20/h12,14-17H,4-11H2,1-3H3/t12-,14-,15-,16+,17-,20+,21+/m1/s1. The highest BCUT2D eigenvalue weighted by Gasteiger charge is 2.64. The topological polar surface area (TPSA) is 60.4 Å². The van der Waals surface area contributed by atoms with E-state index in [1.165, 1.54) is 7.11 Å². The van der Waals surface area contributed by atoms with Crippen LogP contribution < -0.4 is 0 Å². The Morgan fingerprint density at radius 1 is 1.04 bits per heavy atom. The van der Waals surface area contributed by atoms with Crippen LogP contribution >= 0.6 is 0 Å². The van der Waals surface area contributed by atoms with E-state index in [9.17, 15) is 14.4 Å². The first kappa shape index (κ1) is 17.2. The number of ketones is 2. The predicted octanol–water partition coefficient (Wildman–Crippen LogP) is 3.57. The molecule has 0 aromatic rings. The highest BCUT2D eigenvalue weighted by atomic mass is 16.5. The fourth-order valence-electron chi connectivity index (χ4n) is 7.28. The van der Waals surface area contributed by atoms with Gasteiger partial charge in [-0.25, -0.2) is 0 Å². The quantitative estimate of drug-likeness (QED) is 0.681. The number of Topliss-reactive ketones (excluding diaryl/α,β-unsaturated/α-hetero) is 2. The van der Waals surface area contributed by atoms with Gasteiger partial charge in [-0.2, -0.15) is 0 Å². The van der Waals surface area contributed by atoms with Crippen LogP contribution in [-0.2, 0) is 19.1 Å². The van der Waals surface area contributed by atoms with Crippen LogP contribution in [0.25, 0.3) is 0 Å². The van der Waals surface area contributed by atoms with Crippen LogP contribution in [-0.4, -0.2) is 24.6 Å². The van der Waals surface area contributed by atoms with Gasteiger partial charge < -0.3 is 4.74 Å². The minimum atomic E-state index is -0.540. The maximum Gasteiger partial charge on any atom is 0.309 e. The Morgan fingerprint density at radius 3 is 2.52 bits per heavy atom. The third-order valence-corrected chi connectivity index (χ3v) is 8.83. The Labute approximate surface area is 150 Å². The lowest BCUT2D eigenvalue weighted by molar-refractivity contribution is -0.167. The normalized spacial score (nSPS) is 49.2. The van der Waals surface area contributed by atoms with Gasteiger partial charge in [0, 0.05) is 24.7 Å². The van der Waals surface area contributed by atoms with Gasteiger partial charge in [0.1, 0.15) is 11.6 Å². The Balaban J connectivity index is 1.67. The Bertz CT molecular complexity index is 625. The lowest BCUT2D eigenvalue weighted by Gasteiger charge is -2.59. The zero-order chi connectivity index (χ0) is 18.0. The molecule has 0 saturated heterocycles. The van der Waals surface area contributed by atoms with Crippen LogP contribution in [0.15, 0.2) is 0 Å². The Hall–Kier alpha value is -1.19. The summed E-state index contributed by atoms with van der Waals surface area (Å²) in [5.74, 6) is 1.86. The first-order valence-corrected chi connectivity index (χ1v) is 9.95. The zero-order valence-electron chi connectivity index (χ0n) is 15.7. The Morgan fingerprint density at radius 2 is 1.80 bits per heavy atom. The number of fused-ring (bicyclic) bond motifs is 5. The van der Waals surface area contributed by atoms with Crippen molar-refractivity contribution in [3.8, 4) is 0 Å². The summed E-state index contributed by atoms with van der Waals surface area (Å²) in [4.78, 5) is 37.5. The van der Waals surface area contributed by atoms with Crippen molar-refractivity contribution in [2.75, 3.05) is 7.11 Å². The van der Waals surface area contributed by atoms with Crippen molar-refractivity contribution >= 4 is 17.5 Å². The summed E-state index contributed by atoms with van der Waals surface area (Å²) in [6.07, 6.45) is 6.87. The molecule has 0 N–H and O–H groups in total. The van der Waals surface area contributed by atoms with Gasteiger partial charge in [0.15, 0.2) is 0 Å². The van der Waals surface area contributed by atoms with E-state index in [-0.39, 0.29) is 23.1 Å². The van der Waals surface area contributed by atoms with E-state index >= 15 is 0 Å². The van der Waals surface area contributed by atoms with E-state index in [0.29, 0.717) is 48.7 Å². The van der Waals surface area contributed by atoms with Crippen LogP contribution in [0.5, 0.6) is 0 Å². The number of carbonyl (C=O) groups excluding carboxylic acids is 3. The average molecular weight is 346 g/mol. The summed E-state index contributed by atoms with van der Waals surface area (Å²) in [5.41, 5.74) is -0.418. The van der Waals surface area contributed by atoms with Crippen molar-refractivity contribution in [3.05, 3.63) is 0 Å². The van der Waals surface area contributed by atoms with Crippen LogP contribution in [0, 0.1) is 40.4 Å². The van der Waals surface area contributed by atoms with Gasteiger partial charge in [-0.05, 0) is 61.2 Å². The first-order chi connectivity index (χ1) is 11.8. The number of carbonyl (C=O) groups is 3. The second-order valence-corrected chi connectivity index (χ2v) is 9.46. The molecule has 4 nitrogen and oxygen atoms in total. The smallest absolute Gasteiger partial charge is 0.309 e. The number of ether oxygens (including phenoxy) is 1.